The van der Waals surface area contributed by atoms with Gasteiger partial charge in [-0.05, 0) is 59.6 Å². The van der Waals surface area contributed by atoms with E-state index < -0.39 is 36.7 Å². The van der Waals surface area contributed by atoms with Crippen molar-refractivity contribution >= 4 is 12.1 Å². The molecule has 0 N–H and O–H groups in total. The van der Waals surface area contributed by atoms with E-state index >= 15 is 0 Å². The Morgan fingerprint density at radius 2 is 1.44 bits per heavy atom. The van der Waals surface area contributed by atoms with Gasteiger partial charge in [-0.2, -0.15) is 0 Å². The average molecular weight is 508 g/mol. The van der Waals surface area contributed by atoms with Gasteiger partial charge in [0.2, 0.25) is 0 Å². The van der Waals surface area contributed by atoms with Crippen LogP contribution >= 0.6 is 0 Å². The Kier molecular flexibility index (Phi) is 14.4. The molecular weight excluding hydrogens is 462 g/mol. The summed E-state index contributed by atoms with van der Waals surface area (Å²) >= 11 is 0. The van der Waals surface area contributed by atoms with E-state index in [-0.39, 0.29) is 18.5 Å². The molecule has 0 fully saturated rings. The zero-order chi connectivity index (χ0) is 27.3. The zero-order valence-electron chi connectivity index (χ0n) is 23.2. The molecule has 36 heavy (non-hydrogen) atoms. The van der Waals surface area contributed by atoms with E-state index in [0.717, 1.165) is 5.56 Å². The second-order valence-corrected chi connectivity index (χ2v) is 9.18. The Morgan fingerprint density at radius 3 is 1.92 bits per heavy atom. The fraction of sp³-hybridized carbons (Fsp3) is 0.643. The van der Waals surface area contributed by atoms with Crippen molar-refractivity contribution in [3.63, 3.8) is 0 Å². The Morgan fingerprint density at radius 1 is 0.889 bits per heavy atom. The van der Waals surface area contributed by atoms with Crippen LogP contribution in [0.15, 0.2) is 42.5 Å². The summed E-state index contributed by atoms with van der Waals surface area (Å²) in [6.07, 6.45) is -3.34. The molecular formula is C28H45NO7. The van der Waals surface area contributed by atoms with Crippen molar-refractivity contribution in [3.05, 3.63) is 48.0 Å². The molecule has 0 aliphatic carbocycles. The average Bonchev–Trinajstić information content (AvgIpc) is 2.80. The molecule has 8 heteroatoms. The molecule has 0 aliphatic rings. The highest BCUT2D eigenvalue weighted by Gasteiger charge is 2.38. The van der Waals surface area contributed by atoms with Crippen LogP contribution in [0, 0.1) is 0 Å². The van der Waals surface area contributed by atoms with Gasteiger partial charge < -0.3 is 28.6 Å². The summed E-state index contributed by atoms with van der Waals surface area (Å²) in [6, 6.07) is 9.48. The van der Waals surface area contributed by atoms with E-state index in [2.05, 4.69) is 6.58 Å². The monoisotopic (exact) mass is 507 g/mol. The first-order valence-electron chi connectivity index (χ1n) is 12.7. The van der Waals surface area contributed by atoms with Gasteiger partial charge in [-0.15, -0.1) is 0 Å². The fourth-order valence-electron chi connectivity index (χ4n) is 3.93. The predicted molar refractivity (Wildman–Crippen MR) is 139 cm³/mol. The molecule has 0 aliphatic heterocycles. The van der Waals surface area contributed by atoms with Crippen LogP contribution < -0.4 is 0 Å². The molecule has 1 rings (SSSR count). The van der Waals surface area contributed by atoms with Crippen molar-refractivity contribution in [3.8, 4) is 0 Å². The number of nitrogens with zero attached hydrogens (tertiary/aromatic N) is 1. The van der Waals surface area contributed by atoms with E-state index in [1.165, 1.54) is 6.92 Å². The minimum absolute atomic E-state index is 0.0926. The van der Waals surface area contributed by atoms with Crippen LogP contribution in [0.1, 0.15) is 67.4 Å². The molecule has 1 amide bonds. The summed E-state index contributed by atoms with van der Waals surface area (Å²) in [7, 11) is 0. The van der Waals surface area contributed by atoms with Gasteiger partial charge >= 0.3 is 12.1 Å². The lowest BCUT2D eigenvalue weighted by Crippen LogP contribution is -2.49. The third-order valence-corrected chi connectivity index (χ3v) is 5.51. The van der Waals surface area contributed by atoms with Crippen LogP contribution in [0.2, 0.25) is 0 Å². The molecule has 0 bridgehead atoms. The Hall–Kier alpha value is -2.42. The molecule has 0 saturated carbocycles. The molecule has 0 spiro atoms. The number of rotatable bonds is 16. The highest BCUT2D eigenvalue weighted by molar-refractivity contribution is 5.69. The summed E-state index contributed by atoms with van der Waals surface area (Å²) in [4.78, 5) is 27.0. The quantitative estimate of drug-likeness (QED) is 0.166. The van der Waals surface area contributed by atoms with Crippen molar-refractivity contribution in [1.82, 2.24) is 4.90 Å². The van der Waals surface area contributed by atoms with Crippen LogP contribution in [0.25, 0.3) is 0 Å². The van der Waals surface area contributed by atoms with Crippen LogP contribution in [0.3, 0.4) is 0 Å². The van der Waals surface area contributed by atoms with Crippen LogP contribution in [-0.2, 0) is 35.1 Å². The maximum Gasteiger partial charge on any atom is 0.410 e. The molecule has 0 radical (unpaired) electrons. The molecule has 0 aromatic heterocycles. The van der Waals surface area contributed by atoms with E-state index in [1.54, 1.807) is 11.8 Å². The van der Waals surface area contributed by atoms with Crippen molar-refractivity contribution in [2.45, 2.75) is 105 Å². The van der Waals surface area contributed by atoms with E-state index in [4.69, 9.17) is 23.7 Å². The molecule has 8 nitrogen and oxygen atoms in total. The third-order valence-electron chi connectivity index (χ3n) is 5.51. The molecule has 1 aromatic rings. The number of carbonyl (C=O) groups excluding carboxylic acids is 2. The molecule has 204 valence electrons. The number of benzene rings is 1. The largest absolute Gasteiger partial charge is 0.455 e. The standard InChI is InChI=1S/C28H45NO7/c1-10-32-25(33-11-2)17-21(7)26(36-28(31)29(19(3)4)20(5)6)27(35-23(9)30)22(8)34-18-24-15-13-12-14-16-24/h12-16,19-20,22,25-27H,7,10-11,17-18H2,1-6,8-9H3/t22-,26-,27+/m0/s1. The van der Waals surface area contributed by atoms with Crippen molar-refractivity contribution < 1.29 is 33.3 Å². The topological polar surface area (TPSA) is 83.5 Å². The SMILES string of the molecule is C=C(CC(OCC)OCC)[C@H](OC(=O)N(C(C)C)C(C)C)[C@H](OC(C)=O)[C@H](C)OCc1ccccc1. The molecule has 0 saturated heterocycles. The normalized spacial score (nSPS) is 14.0. The van der Waals surface area contributed by atoms with Gasteiger partial charge in [0.1, 0.15) is 0 Å². The predicted octanol–water partition coefficient (Wildman–Crippen LogP) is 5.49. The minimum Gasteiger partial charge on any atom is -0.455 e. The summed E-state index contributed by atoms with van der Waals surface area (Å²) in [6.45, 7) is 19.9. The summed E-state index contributed by atoms with van der Waals surface area (Å²) in [5, 5.41) is 0. The molecule has 1 aromatic carbocycles. The fourth-order valence-corrected chi connectivity index (χ4v) is 3.93. The molecule has 0 heterocycles. The van der Waals surface area contributed by atoms with E-state index in [9.17, 15) is 9.59 Å². The van der Waals surface area contributed by atoms with Crippen LogP contribution in [0.5, 0.6) is 0 Å². The Balaban J connectivity index is 3.28. The number of ether oxygens (including phenoxy) is 5. The van der Waals surface area contributed by atoms with Crippen LogP contribution in [-0.4, -0.2) is 66.9 Å². The van der Waals surface area contributed by atoms with Gasteiger partial charge in [-0.25, -0.2) is 4.79 Å². The van der Waals surface area contributed by atoms with E-state index in [1.807, 2.05) is 71.9 Å². The van der Waals surface area contributed by atoms with E-state index in [0.29, 0.717) is 25.4 Å². The van der Waals surface area contributed by atoms with Crippen molar-refractivity contribution in [2.75, 3.05) is 13.2 Å². The molecule has 0 unspecified atom stereocenters. The summed E-state index contributed by atoms with van der Waals surface area (Å²) in [5.41, 5.74) is 1.47. The van der Waals surface area contributed by atoms with Crippen LogP contribution in [0.4, 0.5) is 4.79 Å². The first-order valence-corrected chi connectivity index (χ1v) is 12.7. The summed E-state index contributed by atoms with van der Waals surface area (Å²) in [5.74, 6) is -0.514. The number of carbonyl (C=O) groups is 2. The number of hydrogen-bond donors (Lipinski definition) is 0. The second kappa shape index (κ2) is 16.3. The van der Waals surface area contributed by atoms with Gasteiger partial charge in [0.15, 0.2) is 18.5 Å². The summed E-state index contributed by atoms with van der Waals surface area (Å²) < 4.78 is 29.1. The first-order chi connectivity index (χ1) is 17.0. The number of amides is 1. The highest BCUT2D eigenvalue weighted by Crippen LogP contribution is 2.25. The lowest BCUT2D eigenvalue weighted by Gasteiger charge is -2.36. The van der Waals surface area contributed by atoms with Gasteiger partial charge in [-0.3, -0.25) is 4.79 Å². The van der Waals surface area contributed by atoms with Crippen molar-refractivity contribution in [1.29, 1.82) is 0 Å². The number of esters is 1. The highest BCUT2D eigenvalue weighted by atomic mass is 16.7. The second-order valence-electron chi connectivity index (χ2n) is 9.18. The number of hydrogen-bond acceptors (Lipinski definition) is 7. The maximum absolute atomic E-state index is 13.3. The lowest BCUT2D eigenvalue weighted by molar-refractivity contribution is -0.166. The van der Waals surface area contributed by atoms with Gasteiger partial charge in [0, 0.05) is 38.6 Å². The molecule has 3 atom stereocenters. The smallest absolute Gasteiger partial charge is 0.410 e. The van der Waals surface area contributed by atoms with Gasteiger partial charge in [0.05, 0.1) is 12.7 Å². The maximum atomic E-state index is 13.3. The Bertz CT molecular complexity index is 782. The Labute approximate surface area is 216 Å². The van der Waals surface area contributed by atoms with Gasteiger partial charge in [-0.1, -0.05) is 36.9 Å². The van der Waals surface area contributed by atoms with Gasteiger partial charge in [0.25, 0.3) is 0 Å². The van der Waals surface area contributed by atoms with Crippen molar-refractivity contribution in [2.24, 2.45) is 0 Å². The zero-order valence-corrected chi connectivity index (χ0v) is 23.2. The minimum atomic E-state index is -0.976. The third kappa shape index (κ3) is 10.7. The lowest BCUT2D eigenvalue weighted by atomic mass is 9.98. The first kappa shape index (κ1) is 31.6.